The third kappa shape index (κ3) is 8.33. The molecule has 0 radical (unpaired) electrons. The van der Waals surface area contributed by atoms with Crippen molar-refractivity contribution in [2.24, 2.45) is 0 Å². The summed E-state index contributed by atoms with van der Waals surface area (Å²) in [7, 11) is 1.50. The number of nitrogens with zero attached hydrogens (tertiary/aromatic N) is 2. The quantitative estimate of drug-likeness (QED) is 0.278. The highest BCUT2D eigenvalue weighted by Gasteiger charge is 2.20. The second kappa shape index (κ2) is 13.2. The highest BCUT2D eigenvalue weighted by Crippen LogP contribution is 2.37. The fourth-order valence-corrected chi connectivity index (χ4v) is 3.97. The van der Waals surface area contributed by atoms with Crippen molar-refractivity contribution in [2.75, 3.05) is 25.0 Å². The number of halogens is 1. The van der Waals surface area contributed by atoms with Crippen LogP contribution in [0.3, 0.4) is 0 Å². The monoisotopic (exact) mass is 565 g/mol. The van der Waals surface area contributed by atoms with Crippen molar-refractivity contribution >= 4 is 35.1 Å². The molecule has 0 aliphatic rings. The molecule has 2 amide bonds. The van der Waals surface area contributed by atoms with Crippen LogP contribution in [0, 0.1) is 11.3 Å². The van der Waals surface area contributed by atoms with Crippen LogP contribution in [-0.2, 0) is 14.3 Å². The van der Waals surface area contributed by atoms with E-state index in [0.717, 1.165) is 0 Å². The van der Waals surface area contributed by atoms with Crippen LogP contribution in [0.15, 0.2) is 48.5 Å². The SMILES string of the molecule is COCOc1cc(Cl)ccc1-c1cc(-c2cccc(NC(=O)CC(C)NC(=O)OC(C)(C)C)c2)c(C#N)c(N)n1. The summed E-state index contributed by atoms with van der Waals surface area (Å²) in [6, 6.07) is 15.5. The predicted octanol–water partition coefficient (Wildman–Crippen LogP) is 5.75. The molecule has 3 aromatic rings. The predicted molar refractivity (Wildman–Crippen MR) is 154 cm³/mol. The Hall–Kier alpha value is -4.33. The van der Waals surface area contributed by atoms with E-state index >= 15 is 0 Å². The third-order valence-corrected chi connectivity index (χ3v) is 5.66. The van der Waals surface area contributed by atoms with Crippen molar-refractivity contribution in [1.82, 2.24) is 10.3 Å². The summed E-state index contributed by atoms with van der Waals surface area (Å²) in [5, 5.41) is 15.8. The van der Waals surface area contributed by atoms with Crippen LogP contribution in [0.1, 0.15) is 39.7 Å². The molecule has 0 saturated heterocycles. The maximum Gasteiger partial charge on any atom is 0.407 e. The van der Waals surface area contributed by atoms with Gasteiger partial charge < -0.3 is 30.6 Å². The van der Waals surface area contributed by atoms with Crippen molar-refractivity contribution in [2.45, 2.75) is 45.8 Å². The molecule has 1 unspecified atom stereocenters. The van der Waals surface area contributed by atoms with Crippen molar-refractivity contribution in [1.29, 1.82) is 5.26 Å². The van der Waals surface area contributed by atoms with E-state index in [9.17, 15) is 14.9 Å². The lowest BCUT2D eigenvalue weighted by molar-refractivity contribution is -0.116. The number of rotatable bonds is 9. The van der Waals surface area contributed by atoms with Gasteiger partial charge in [-0.3, -0.25) is 4.79 Å². The van der Waals surface area contributed by atoms with E-state index in [0.29, 0.717) is 38.8 Å². The molecule has 0 aliphatic carbocycles. The molecule has 10 nitrogen and oxygen atoms in total. The van der Waals surface area contributed by atoms with Crippen LogP contribution < -0.4 is 21.1 Å². The minimum Gasteiger partial charge on any atom is -0.467 e. The second-order valence-electron chi connectivity index (χ2n) is 10.00. The summed E-state index contributed by atoms with van der Waals surface area (Å²) in [4.78, 5) is 29.1. The molecular formula is C29H32ClN5O5. The summed E-state index contributed by atoms with van der Waals surface area (Å²) in [6.45, 7) is 6.99. The zero-order chi connectivity index (χ0) is 29.4. The van der Waals surface area contributed by atoms with Crippen LogP contribution in [0.25, 0.3) is 22.4 Å². The molecule has 1 aromatic heterocycles. The van der Waals surface area contributed by atoms with Gasteiger partial charge in [-0.25, -0.2) is 9.78 Å². The number of hydrogen-bond acceptors (Lipinski definition) is 8. The zero-order valence-corrected chi connectivity index (χ0v) is 23.8. The molecule has 0 aliphatic heterocycles. The van der Waals surface area contributed by atoms with Gasteiger partial charge in [0.2, 0.25) is 5.91 Å². The van der Waals surface area contributed by atoms with E-state index in [4.69, 9.17) is 31.5 Å². The number of nitrogen functional groups attached to an aromatic ring is 1. The van der Waals surface area contributed by atoms with E-state index in [1.165, 1.54) is 7.11 Å². The summed E-state index contributed by atoms with van der Waals surface area (Å²) in [5.41, 5.74) is 8.48. The van der Waals surface area contributed by atoms with E-state index in [-0.39, 0.29) is 30.5 Å². The Morgan fingerprint density at radius 1 is 1.15 bits per heavy atom. The maximum absolute atomic E-state index is 12.7. The van der Waals surface area contributed by atoms with Crippen LogP contribution in [0.4, 0.5) is 16.3 Å². The van der Waals surface area contributed by atoms with E-state index in [2.05, 4.69) is 21.7 Å². The summed E-state index contributed by atoms with van der Waals surface area (Å²) >= 11 is 6.16. The first kappa shape index (κ1) is 30.2. The van der Waals surface area contributed by atoms with Gasteiger partial charge in [0.15, 0.2) is 6.79 Å². The van der Waals surface area contributed by atoms with E-state index in [1.807, 2.05) is 0 Å². The summed E-state index contributed by atoms with van der Waals surface area (Å²) in [5.74, 6) is 0.170. The van der Waals surface area contributed by atoms with Crippen molar-refractivity contribution < 1.29 is 23.8 Å². The number of methoxy groups -OCH3 is 1. The molecule has 210 valence electrons. The van der Waals surface area contributed by atoms with Crippen molar-refractivity contribution in [3.63, 3.8) is 0 Å². The molecule has 1 atom stereocenters. The number of nitrogens with one attached hydrogen (secondary N) is 2. The lowest BCUT2D eigenvalue weighted by atomic mass is 9.97. The minimum absolute atomic E-state index is 0.000382. The van der Waals surface area contributed by atoms with Gasteiger partial charge in [0.25, 0.3) is 0 Å². The molecule has 0 spiro atoms. The first-order chi connectivity index (χ1) is 18.9. The lowest BCUT2D eigenvalue weighted by Gasteiger charge is -2.21. The molecule has 3 rings (SSSR count). The lowest BCUT2D eigenvalue weighted by Crippen LogP contribution is -2.39. The number of amides is 2. The highest BCUT2D eigenvalue weighted by atomic mass is 35.5. The number of anilines is 2. The molecular weight excluding hydrogens is 534 g/mol. The van der Waals surface area contributed by atoms with Crippen LogP contribution in [-0.4, -0.2) is 42.5 Å². The fourth-order valence-electron chi connectivity index (χ4n) is 3.81. The fraction of sp³-hybridized carbons (Fsp3) is 0.310. The first-order valence-corrected chi connectivity index (χ1v) is 12.8. The number of alkyl carbamates (subject to hydrolysis) is 1. The van der Waals surface area contributed by atoms with Gasteiger partial charge in [-0.05, 0) is 69.7 Å². The smallest absolute Gasteiger partial charge is 0.407 e. The Labute approximate surface area is 238 Å². The Morgan fingerprint density at radius 3 is 2.58 bits per heavy atom. The number of nitrogens with two attached hydrogens (primary N) is 1. The van der Waals surface area contributed by atoms with Gasteiger partial charge in [0.05, 0.1) is 5.69 Å². The molecule has 0 saturated carbocycles. The molecule has 40 heavy (non-hydrogen) atoms. The number of pyridine rings is 1. The number of benzene rings is 2. The second-order valence-corrected chi connectivity index (χ2v) is 10.4. The van der Waals surface area contributed by atoms with Gasteiger partial charge in [0, 0.05) is 41.4 Å². The minimum atomic E-state index is -0.642. The third-order valence-electron chi connectivity index (χ3n) is 5.42. The van der Waals surface area contributed by atoms with Gasteiger partial charge in [-0.15, -0.1) is 0 Å². The standard InChI is InChI=1S/C29H32ClN5O5/c1-17(33-28(37)40-29(2,3)4)11-26(36)34-20-8-6-7-18(12-20)22-14-24(35-27(32)23(22)15-31)21-10-9-19(30)13-25(21)39-16-38-5/h6-10,12-14,17H,11,16H2,1-5H3,(H2,32,35)(H,33,37)(H,34,36). The molecule has 4 N–H and O–H groups in total. The molecule has 2 aromatic carbocycles. The number of nitriles is 1. The van der Waals surface area contributed by atoms with Crippen LogP contribution >= 0.6 is 11.6 Å². The molecule has 11 heteroatoms. The largest absolute Gasteiger partial charge is 0.467 e. The normalized spacial score (nSPS) is 11.7. The summed E-state index contributed by atoms with van der Waals surface area (Å²) in [6.07, 6.45) is -0.568. The number of carbonyl (C=O) groups is 2. The van der Waals surface area contributed by atoms with Gasteiger partial charge in [-0.2, -0.15) is 5.26 Å². The Bertz CT molecular complexity index is 1430. The van der Waals surface area contributed by atoms with Crippen molar-refractivity contribution in [3.05, 3.63) is 59.1 Å². The maximum atomic E-state index is 12.7. The van der Waals surface area contributed by atoms with Gasteiger partial charge >= 0.3 is 6.09 Å². The van der Waals surface area contributed by atoms with Crippen LogP contribution in [0.5, 0.6) is 5.75 Å². The number of aromatic nitrogens is 1. The van der Waals surface area contributed by atoms with E-state index < -0.39 is 17.7 Å². The zero-order valence-electron chi connectivity index (χ0n) is 23.0. The Kier molecular flexibility index (Phi) is 9.93. The van der Waals surface area contributed by atoms with Crippen molar-refractivity contribution in [3.8, 4) is 34.2 Å². The van der Waals surface area contributed by atoms with E-state index in [1.54, 1.807) is 76.2 Å². The summed E-state index contributed by atoms with van der Waals surface area (Å²) < 4.78 is 15.9. The average molecular weight is 566 g/mol. The average Bonchev–Trinajstić information content (AvgIpc) is 2.85. The molecule has 0 bridgehead atoms. The highest BCUT2D eigenvalue weighted by molar-refractivity contribution is 6.30. The molecule has 1 heterocycles. The van der Waals surface area contributed by atoms with Crippen LogP contribution in [0.2, 0.25) is 5.02 Å². The number of carbonyl (C=O) groups excluding carboxylic acids is 2. The number of hydrogen-bond donors (Lipinski definition) is 3. The van der Waals surface area contributed by atoms with Gasteiger partial charge in [-0.1, -0.05) is 23.7 Å². The number of ether oxygens (including phenoxy) is 3. The Balaban J connectivity index is 1.87. The molecule has 0 fully saturated rings. The van der Waals surface area contributed by atoms with Gasteiger partial charge in [0.1, 0.15) is 28.8 Å². The Morgan fingerprint density at radius 2 is 1.90 bits per heavy atom. The topological polar surface area (TPSA) is 149 Å². The first-order valence-electron chi connectivity index (χ1n) is 12.4.